The standard InChI is InChI=1S/C17H22N2O3/c1-12-10-13(4-5-15(12)20-2)17-18-7-8-19(17)14-11-22-9-6-16(14)21-3/h4-5,7-8,10,14,16H,6,9,11H2,1-3H3/t14-,16-/m1/s1. The minimum absolute atomic E-state index is 0.152. The number of aryl methyl sites for hydroxylation is 1. The molecule has 1 aliphatic rings. The van der Waals surface area contributed by atoms with Gasteiger partial charge in [0.05, 0.1) is 25.9 Å². The van der Waals surface area contributed by atoms with Crippen molar-refractivity contribution in [1.82, 2.24) is 9.55 Å². The Kier molecular flexibility index (Phi) is 4.45. The van der Waals surface area contributed by atoms with Crippen LogP contribution in [0, 0.1) is 6.92 Å². The first-order valence-electron chi connectivity index (χ1n) is 7.53. The van der Waals surface area contributed by atoms with Crippen molar-refractivity contribution in [3.8, 4) is 17.1 Å². The SMILES string of the molecule is COc1ccc(-c2nccn2[C@@H]2COCC[C@H]2OC)cc1C. The number of hydrogen-bond donors (Lipinski definition) is 0. The first kappa shape index (κ1) is 15.1. The molecule has 1 saturated heterocycles. The van der Waals surface area contributed by atoms with E-state index in [2.05, 4.69) is 15.6 Å². The maximum Gasteiger partial charge on any atom is 0.140 e. The minimum atomic E-state index is 0.152. The Hall–Kier alpha value is -1.85. The predicted octanol–water partition coefficient (Wildman–Crippen LogP) is 2.84. The summed E-state index contributed by atoms with van der Waals surface area (Å²) < 4.78 is 18.8. The zero-order valence-electron chi connectivity index (χ0n) is 13.3. The van der Waals surface area contributed by atoms with Gasteiger partial charge in [0.2, 0.25) is 0 Å². The fourth-order valence-electron chi connectivity index (χ4n) is 3.06. The highest BCUT2D eigenvalue weighted by Crippen LogP contribution is 2.30. The summed E-state index contributed by atoms with van der Waals surface area (Å²) in [4.78, 5) is 4.54. The smallest absolute Gasteiger partial charge is 0.140 e. The molecule has 0 radical (unpaired) electrons. The lowest BCUT2D eigenvalue weighted by Crippen LogP contribution is -2.35. The van der Waals surface area contributed by atoms with Crippen molar-refractivity contribution in [1.29, 1.82) is 0 Å². The van der Waals surface area contributed by atoms with Gasteiger partial charge in [-0.05, 0) is 37.1 Å². The molecule has 5 nitrogen and oxygen atoms in total. The molecule has 0 unspecified atom stereocenters. The number of methoxy groups -OCH3 is 2. The zero-order chi connectivity index (χ0) is 15.5. The fourth-order valence-corrected chi connectivity index (χ4v) is 3.06. The van der Waals surface area contributed by atoms with Crippen molar-refractivity contribution in [3.05, 3.63) is 36.2 Å². The first-order valence-corrected chi connectivity index (χ1v) is 7.53. The van der Waals surface area contributed by atoms with Crippen LogP contribution in [0.15, 0.2) is 30.6 Å². The van der Waals surface area contributed by atoms with Gasteiger partial charge < -0.3 is 18.8 Å². The van der Waals surface area contributed by atoms with E-state index in [1.54, 1.807) is 14.2 Å². The maximum absolute atomic E-state index is 5.64. The molecule has 2 atom stereocenters. The number of nitrogens with zero attached hydrogens (tertiary/aromatic N) is 2. The quantitative estimate of drug-likeness (QED) is 0.871. The van der Waals surface area contributed by atoms with Crippen LogP contribution in [0.1, 0.15) is 18.0 Å². The van der Waals surface area contributed by atoms with Crippen LogP contribution in [-0.2, 0) is 9.47 Å². The third-order valence-corrected chi connectivity index (χ3v) is 4.25. The Morgan fingerprint density at radius 3 is 2.91 bits per heavy atom. The Labute approximate surface area is 130 Å². The van der Waals surface area contributed by atoms with Gasteiger partial charge in [0.15, 0.2) is 0 Å². The minimum Gasteiger partial charge on any atom is -0.496 e. The highest BCUT2D eigenvalue weighted by Gasteiger charge is 2.28. The summed E-state index contributed by atoms with van der Waals surface area (Å²) in [5, 5.41) is 0. The van der Waals surface area contributed by atoms with Crippen LogP contribution < -0.4 is 4.74 Å². The monoisotopic (exact) mass is 302 g/mol. The van der Waals surface area contributed by atoms with E-state index in [-0.39, 0.29) is 12.1 Å². The van der Waals surface area contributed by atoms with Gasteiger partial charge >= 0.3 is 0 Å². The van der Waals surface area contributed by atoms with Gasteiger partial charge in [-0.25, -0.2) is 4.98 Å². The van der Waals surface area contributed by atoms with E-state index in [0.717, 1.165) is 35.7 Å². The van der Waals surface area contributed by atoms with E-state index in [1.165, 1.54) is 0 Å². The van der Waals surface area contributed by atoms with Gasteiger partial charge in [-0.15, -0.1) is 0 Å². The largest absolute Gasteiger partial charge is 0.496 e. The Morgan fingerprint density at radius 1 is 1.32 bits per heavy atom. The molecule has 118 valence electrons. The van der Waals surface area contributed by atoms with Gasteiger partial charge in [0.1, 0.15) is 11.6 Å². The van der Waals surface area contributed by atoms with Gasteiger partial charge in [0.25, 0.3) is 0 Å². The van der Waals surface area contributed by atoms with Crippen molar-refractivity contribution < 1.29 is 14.2 Å². The average molecular weight is 302 g/mol. The number of aromatic nitrogens is 2. The highest BCUT2D eigenvalue weighted by molar-refractivity contribution is 5.59. The molecule has 0 saturated carbocycles. The fraction of sp³-hybridized carbons (Fsp3) is 0.471. The average Bonchev–Trinajstić information content (AvgIpc) is 3.04. The van der Waals surface area contributed by atoms with Crippen LogP contribution in [-0.4, -0.2) is 43.1 Å². The Balaban J connectivity index is 1.96. The molecule has 0 bridgehead atoms. The Bertz CT molecular complexity index is 639. The van der Waals surface area contributed by atoms with Crippen molar-refractivity contribution in [3.63, 3.8) is 0 Å². The molecule has 0 amide bonds. The van der Waals surface area contributed by atoms with Gasteiger partial charge in [-0.2, -0.15) is 0 Å². The summed E-state index contributed by atoms with van der Waals surface area (Å²) in [6.07, 6.45) is 4.89. The zero-order valence-corrected chi connectivity index (χ0v) is 13.3. The molecule has 22 heavy (non-hydrogen) atoms. The molecule has 0 N–H and O–H groups in total. The second-order valence-electron chi connectivity index (χ2n) is 5.55. The maximum atomic E-state index is 5.64. The summed E-state index contributed by atoms with van der Waals surface area (Å²) in [5.74, 6) is 1.82. The van der Waals surface area contributed by atoms with Crippen LogP contribution in [0.2, 0.25) is 0 Å². The van der Waals surface area contributed by atoms with Gasteiger partial charge in [-0.1, -0.05) is 0 Å². The van der Waals surface area contributed by atoms with Crippen molar-refractivity contribution in [2.24, 2.45) is 0 Å². The van der Waals surface area contributed by atoms with E-state index in [9.17, 15) is 0 Å². The van der Waals surface area contributed by atoms with E-state index in [0.29, 0.717) is 6.61 Å². The molecule has 2 aromatic rings. The summed E-state index contributed by atoms with van der Waals surface area (Å²) in [5.41, 5.74) is 2.17. The second kappa shape index (κ2) is 6.50. The summed E-state index contributed by atoms with van der Waals surface area (Å²) in [6, 6.07) is 6.27. The predicted molar refractivity (Wildman–Crippen MR) is 84.2 cm³/mol. The highest BCUT2D eigenvalue weighted by atomic mass is 16.5. The molecule has 1 fully saturated rings. The van der Waals surface area contributed by atoms with E-state index >= 15 is 0 Å². The summed E-state index contributed by atoms with van der Waals surface area (Å²) in [6.45, 7) is 3.44. The van der Waals surface area contributed by atoms with Crippen molar-refractivity contribution in [2.45, 2.75) is 25.5 Å². The Morgan fingerprint density at radius 2 is 2.18 bits per heavy atom. The summed E-state index contributed by atoms with van der Waals surface area (Å²) in [7, 11) is 3.45. The van der Waals surface area contributed by atoms with Crippen LogP contribution in [0.3, 0.4) is 0 Å². The van der Waals surface area contributed by atoms with Crippen LogP contribution in [0.4, 0.5) is 0 Å². The van der Waals surface area contributed by atoms with Crippen LogP contribution >= 0.6 is 0 Å². The van der Waals surface area contributed by atoms with Crippen molar-refractivity contribution >= 4 is 0 Å². The first-order chi connectivity index (χ1) is 10.7. The molecule has 1 aromatic heterocycles. The lowest BCUT2D eigenvalue weighted by Gasteiger charge is -2.32. The second-order valence-corrected chi connectivity index (χ2v) is 5.55. The normalized spacial score (nSPS) is 21.8. The molecular weight excluding hydrogens is 280 g/mol. The molecule has 1 aromatic carbocycles. The molecule has 0 spiro atoms. The lowest BCUT2D eigenvalue weighted by molar-refractivity contribution is -0.0492. The molecule has 3 rings (SSSR count). The molecule has 1 aliphatic heterocycles. The molecular formula is C17H22N2O3. The third kappa shape index (κ3) is 2.74. The number of benzene rings is 1. The van der Waals surface area contributed by atoms with E-state index in [1.807, 2.05) is 31.5 Å². The van der Waals surface area contributed by atoms with Crippen LogP contribution in [0.5, 0.6) is 5.75 Å². The molecule has 2 heterocycles. The topological polar surface area (TPSA) is 45.5 Å². The van der Waals surface area contributed by atoms with Gasteiger partial charge in [-0.3, -0.25) is 0 Å². The van der Waals surface area contributed by atoms with Crippen molar-refractivity contribution in [2.75, 3.05) is 27.4 Å². The third-order valence-electron chi connectivity index (χ3n) is 4.25. The molecule has 5 heteroatoms. The number of rotatable bonds is 4. The number of hydrogen-bond acceptors (Lipinski definition) is 4. The molecule has 0 aliphatic carbocycles. The van der Waals surface area contributed by atoms with E-state index in [4.69, 9.17) is 14.2 Å². The number of ether oxygens (including phenoxy) is 3. The van der Waals surface area contributed by atoms with Crippen LogP contribution in [0.25, 0.3) is 11.4 Å². The van der Waals surface area contributed by atoms with Gasteiger partial charge in [0, 0.05) is 31.7 Å². The lowest BCUT2D eigenvalue weighted by atomic mass is 10.0. The summed E-state index contributed by atoms with van der Waals surface area (Å²) >= 11 is 0. The number of imidazole rings is 1. The van der Waals surface area contributed by atoms with E-state index < -0.39 is 0 Å².